The van der Waals surface area contributed by atoms with Crippen molar-refractivity contribution in [2.45, 2.75) is 75.3 Å². The van der Waals surface area contributed by atoms with E-state index in [0.29, 0.717) is 55.3 Å². The van der Waals surface area contributed by atoms with Gasteiger partial charge in [0.05, 0.1) is 17.3 Å². The van der Waals surface area contributed by atoms with E-state index in [9.17, 15) is 23.5 Å². The van der Waals surface area contributed by atoms with Gasteiger partial charge in [-0.05, 0) is 74.4 Å². The van der Waals surface area contributed by atoms with Gasteiger partial charge in [-0.2, -0.15) is 0 Å². The molecule has 1 spiro atoms. The quantitative estimate of drug-likeness (QED) is 0.317. The van der Waals surface area contributed by atoms with Crippen LogP contribution in [-0.2, 0) is 35.2 Å². The zero-order valence-corrected chi connectivity index (χ0v) is 23.9. The predicted molar refractivity (Wildman–Crippen MR) is 154 cm³/mol. The van der Waals surface area contributed by atoms with Gasteiger partial charge in [-0.25, -0.2) is 18.7 Å². The molecule has 3 aromatic heterocycles. The summed E-state index contributed by atoms with van der Waals surface area (Å²) in [6.07, 6.45) is 7.04. The molecule has 220 valence electrons. The second-order valence-corrected chi connectivity index (χ2v) is 12.5. The Morgan fingerprint density at radius 3 is 2.72 bits per heavy atom. The number of aliphatic hydroxyl groups is 1. The number of hydrogen-bond acceptors (Lipinski definition) is 6. The highest BCUT2D eigenvalue weighted by atomic mass is 19.2. The minimum absolute atomic E-state index is 0.0949. The number of fused-ring (bicyclic) bond motifs is 4. The Labute approximate surface area is 247 Å². The van der Waals surface area contributed by atoms with E-state index in [2.05, 4.69) is 20.3 Å². The van der Waals surface area contributed by atoms with E-state index >= 15 is 0 Å². The molecule has 0 fully saturated rings. The van der Waals surface area contributed by atoms with Crippen molar-refractivity contribution in [3.63, 3.8) is 0 Å². The standard InChI is InChI=1S/C33H31F2N5O3/c1-32(2,43)27-16-38-30-18(8-9-19(17-40(27)30)22-5-3-7-24(34)28(22)35)12-26(41)25-11-20-13-33(14-21(20)15-37-25)23-6-4-10-36-29(23)39-31(33)42/h3-7,10-11,15-16,18-19,43H,8-9,12-14,17H2,1-2H3,(H,36,39,42)/t18-,19+,33?/m0/s1. The van der Waals surface area contributed by atoms with Gasteiger partial charge in [-0.15, -0.1) is 0 Å². The van der Waals surface area contributed by atoms with E-state index in [4.69, 9.17) is 0 Å². The molecule has 0 saturated carbocycles. The van der Waals surface area contributed by atoms with Crippen LogP contribution in [0.3, 0.4) is 0 Å². The van der Waals surface area contributed by atoms with E-state index < -0.39 is 22.7 Å². The van der Waals surface area contributed by atoms with Crippen LogP contribution in [0.5, 0.6) is 0 Å². The summed E-state index contributed by atoms with van der Waals surface area (Å²) >= 11 is 0. The number of carbonyl (C=O) groups is 2. The SMILES string of the molecule is CC(C)(O)c1cnc2n1C[C@H](c1cccc(F)c1F)CC[C@H]2CC(=O)c1cc2c(cn1)CC1(C2)C(=O)Nc2ncccc21. The third-order valence-electron chi connectivity index (χ3n) is 9.34. The Balaban J connectivity index is 1.17. The molecule has 0 saturated heterocycles. The van der Waals surface area contributed by atoms with Crippen molar-refractivity contribution in [2.24, 2.45) is 0 Å². The normalized spacial score (nSPS) is 22.6. The number of aromatic nitrogens is 4. The lowest BCUT2D eigenvalue weighted by atomic mass is 9.79. The van der Waals surface area contributed by atoms with Gasteiger partial charge in [0.2, 0.25) is 5.91 Å². The number of hydrogen-bond donors (Lipinski definition) is 2. The minimum Gasteiger partial charge on any atom is -0.384 e. The van der Waals surface area contributed by atoms with Crippen molar-refractivity contribution >= 4 is 17.5 Å². The highest BCUT2D eigenvalue weighted by molar-refractivity contribution is 6.06. The first kappa shape index (κ1) is 27.5. The van der Waals surface area contributed by atoms with Crippen molar-refractivity contribution in [2.75, 3.05) is 5.32 Å². The number of amides is 1. The Bertz CT molecular complexity index is 1800. The molecule has 3 atom stereocenters. The fraction of sp³-hybridized carbons (Fsp3) is 0.364. The average molecular weight is 584 g/mol. The number of carbonyl (C=O) groups excluding carboxylic acids is 2. The average Bonchev–Trinajstić information content (AvgIpc) is 3.62. The second kappa shape index (κ2) is 9.87. The van der Waals surface area contributed by atoms with Crippen LogP contribution in [0, 0.1) is 11.6 Å². The second-order valence-electron chi connectivity index (χ2n) is 12.5. The molecule has 10 heteroatoms. The van der Waals surface area contributed by atoms with Crippen LogP contribution in [0.15, 0.2) is 55.0 Å². The van der Waals surface area contributed by atoms with E-state index in [1.807, 2.05) is 16.7 Å². The summed E-state index contributed by atoms with van der Waals surface area (Å²) in [6.45, 7) is 3.61. The molecule has 3 aliphatic rings. The predicted octanol–water partition coefficient (Wildman–Crippen LogP) is 5.10. The van der Waals surface area contributed by atoms with Crippen molar-refractivity contribution < 1.29 is 23.5 Å². The first-order valence-electron chi connectivity index (χ1n) is 14.6. The van der Waals surface area contributed by atoms with Crippen LogP contribution in [0.4, 0.5) is 14.6 Å². The lowest BCUT2D eigenvalue weighted by Gasteiger charge is -2.23. The zero-order chi connectivity index (χ0) is 30.1. The van der Waals surface area contributed by atoms with Crippen LogP contribution in [0.25, 0.3) is 0 Å². The van der Waals surface area contributed by atoms with Crippen molar-refractivity contribution in [3.8, 4) is 0 Å². The molecule has 1 unspecified atom stereocenters. The number of Topliss-reactive ketones (excluding diaryl/α,β-unsaturated/α-hetero) is 1. The first-order valence-corrected chi connectivity index (χ1v) is 14.6. The van der Waals surface area contributed by atoms with Crippen LogP contribution < -0.4 is 5.32 Å². The molecule has 2 N–H and O–H groups in total. The fourth-order valence-electron chi connectivity index (χ4n) is 7.16. The summed E-state index contributed by atoms with van der Waals surface area (Å²) in [5.41, 5.74) is 1.87. The summed E-state index contributed by atoms with van der Waals surface area (Å²) in [7, 11) is 0. The molecular formula is C33H31F2N5O3. The van der Waals surface area contributed by atoms with E-state index in [1.165, 1.54) is 6.07 Å². The van der Waals surface area contributed by atoms with Gasteiger partial charge in [-0.3, -0.25) is 14.6 Å². The highest BCUT2D eigenvalue weighted by Gasteiger charge is 2.51. The third-order valence-corrected chi connectivity index (χ3v) is 9.34. The summed E-state index contributed by atoms with van der Waals surface area (Å²) in [6, 6.07) is 9.73. The molecule has 8 nitrogen and oxygen atoms in total. The molecule has 5 heterocycles. The maximum absolute atomic E-state index is 14.9. The monoisotopic (exact) mass is 583 g/mol. The fourth-order valence-corrected chi connectivity index (χ4v) is 7.16. The van der Waals surface area contributed by atoms with Crippen molar-refractivity contribution in [1.29, 1.82) is 0 Å². The highest BCUT2D eigenvalue weighted by Crippen LogP contribution is 2.46. The zero-order valence-electron chi connectivity index (χ0n) is 23.9. The Hall–Kier alpha value is -4.31. The molecular weight excluding hydrogens is 552 g/mol. The number of ketones is 1. The lowest BCUT2D eigenvalue weighted by molar-refractivity contribution is -0.120. The van der Waals surface area contributed by atoms with Gasteiger partial charge < -0.3 is 15.0 Å². The Morgan fingerprint density at radius 1 is 1.09 bits per heavy atom. The molecule has 1 amide bonds. The van der Waals surface area contributed by atoms with Crippen LogP contribution >= 0.6 is 0 Å². The van der Waals surface area contributed by atoms with Gasteiger partial charge in [0.25, 0.3) is 0 Å². The third kappa shape index (κ3) is 4.47. The van der Waals surface area contributed by atoms with Gasteiger partial charge in [0, 0.05) is 42.8 Å². The Kier molecular flexibility index (Phi) is 6.32. The van der Waals surface area contributed by atoms with Crippen LogP contribution in [0.1, 0.15) is 89.2 Å². The van der Waals surface area contributed by atoms with Gasteiger partial charge in [0.15, 0.2) is 17.4 Å². The molecule has 1 aliphatic carbocycles. The summed E-state index contributed by atoms with van der Waals surface area (Å²) in [5, 5.41) is 13.8. The number of imidazole rings is 1. The largest absolute Gasteiger partial charge is 0.384 e. The number of pyridine rings is 2. The topological polar surface area (TPSA) is 110 Å². The van der Waals surface area contributed by atoms with Gasteiger partial charge >= 0.3 is 0 Å². The molecule has 7 rings (SSSR count). The number of halogens is 2. The summed E-state index contributed by atoms with van der Waals surface area (Å²) < 4.78 is 30.9. The first-order chi connectivity index (χ1) is 20.5. The maximum atomic E-state index is 14.9. The molecule has 0 bridgehead atoms. The smallest absolute Gasteiger partial charge is 0.237 e. The van der Waals surface area contributed by atoms with E-state index in [0.717, 1.165) is 22.8 Å². The maximum Gasteiger partial charge on any atom is 0.237 e. The molecule has 43 heavy (non-hydrogen) atoms. The lowest BCUT2D eigenvalue weighted by Crippen LogP contribution is -2.35. The van der Waals surface area contributed by atoms with E-state index in [-0.39, 0.29) is 35.5 Å². The summed E-state index contributed by atoms with van der Waals surface area (Å²) in [4.78, 5) is 40.2. The number of rotatable bonds is 5. The molecule has 4 aromatic rings. The van der Waals surface area contributed by atoms with Gasteiger partial charge in [-0.1, -0.05) is 18.2 Å². The minimum atomic E-state index is -1.23. The number of nitrogens with one attached hydrogen (secondary N) is 1. The number of nitrogens with zero attached hydrogens (tertiary/aromatic N) is 4. The number of benzene rings is 1. The number of anilines is 1. The van der Waals surface area contributed by atoms with E-state index in [1.54, 1.807) is 44.6 Å². The molecule has 2 aliphatic heterocycles. The van der Waals surface area contributed by atoms with Crippen molar-refractivity contribution in [3.05, 3.63) is 106 Å². The molecule has 1 aromatic carbocycles. The Morgan fingerprint density at radius 2 is 1.91 bits per heavy atom. The van der Waals surface area contributed by atoms with Crippen LogP contribution in [-0.4, -0.2) is 36.3 Å². The molecule has 0 radical (unpaired) electrons. The van der Waals surface area contributed by atoms with Crippen LogP contribution in [0.2, 0.25) is 0 Å². The van der Waals surface area contributed by atoms with Crippen molar-refractivity contribution in [1.82, 2.24) is 19.5 Å². The van der Waals surface area contributed by atoms with Gasteiger partial charge in [0.1, 0.15) is 22.9 Å². The summed E-state index contributed by atoms with van der Waals surface area (Å²) in [5.74, 6) is -1.50.